The predicted octanol–water partition coefficient (Wildman–Crippen LogP) is 2.97. The molecule has 0 saturated carbocycles. The number of carbonyl (C=O) groups excluding carboxylic acids is 1. The van der Waals surface area contributed by atoms with Crippen LogP contribution in [0.4, 0.5) is 0 Å². The number of Topliss-reactive ketones (excluding diaryl/α,β-unsaturated/α-hetero) is 1. The van der Waals surface area contributed by atoms with E-state index in [0.717, 1.165) is 40.6 Å². The van der Waals surface area contributed by atoms with Crippen LogP contribution in [-0.2, 0) is 6.42 Å². The summed E-state index contributed by atoms with van der Waals surface area (Å²) in [6.45, 7) is 0. The summed E-state index contributed by atoms with van der Waals surface area (Å²) in [6, 6.07) is 6.05. The number of aryl methyl sites for hydroxylation is 1. The standard InChI is InChI=1S/C15H13NOS/c17-14-5-1-4-11-12-9-10(3-2-8-18)6-7-13(12)16-15(11)14/h6-7,9,16,18H,1,4-5,8H2. The van der Waals surface area contributed by atoms with Crippen molar-refractivity contribution in [3.8, 4) is 11.8 Å². The molecule has 0 amide bonds. The highest BCUT2D eigenvalue weighted by atomic mass is 32.1. The van der Waals surface area contributed by atoms with E-state index >= 15 is 0 Å². The van der Waals surface area contributed by atoms with Crippen LogP contribution >= 0.6 is 12.6 Å². The summed E-state index contributed by atoms with van der Waals surface area (Å²) in [7, 11) is 0. The number of H-pyrrole nitrogens is 1. The first-order valence-electron chi connectivity index (χ1n) is 6.07. The normalized spacial score (nSPS) is 14.2. The maximum absolute atomic E-state index is 11.8. The number of thiol groups is 1. The Kier molecular flexibility index (Phi) is 2.89. The van der Waals surface area contributed by atoms with Crippen molar-refractivity contribution in [2.75, 3.05) is 5.75 Å². The number of nitrogens with one attached hydrogen (secondary N) is 1. The smallest absolute Gasteiger partial charge is 0.179 e. The summed E-state index contributed by atoms with van der Waals surface area (Å²) in [6.07, 6.45) is 2.59. The van der Waals surface area contributed by atoms with Gasteiger partial charge >= 0.3 is 0 Å². The van der Waals surface area contributed by atoms with Gasteiger partial charge in [0.2, 0.25) is 0 Å². The molecule has 2 aromatic rings. The highest BCUT2D eigenvalue weighted by Gasteiger charge is 2.21. The fourth-order valence-corrected chi connectivity index (χ4v) is 2.59. The molecule has 1 heterocycles. The van der Waals surface area contributed by atoms with E-state index in [9.17, 15) is 4.79 Å². The van der Waals surface area contributed by atoms with Gasteiger partial charge in [-0.25, -0.2) is 0 Å². The van der Waals surface area contributed by atoms with Crippen LogP contribution < -0.4 is 0 Å². The van der Waals surface area contributed by atoms with Gasteiger partial charge in [-0.1, -0.05) is 11.8 Å². The first-order valence-corrected chi connectivity index (χ1v) is 6.70. The first kappa shape index (κ1) is 11.4. The number of benzene rings is 1. The fourth-order valence-electron chi connectivity index (χ4n) is 2.52. The Morgan fingerprint density at radius 3 is 3.06 bits per heavy atom. The zero-order chi connectivity index (χ0) is 12.5. The number of fused-ring (bicyclic) bond motifs is 3. The lowest BCUT2D eigenvalue weighted by Crippen LogP contribution is -2.09. The number of carbonyl (C=O) groups is 1. The molecule has 0 unspecified atom stereocenters. The molecule has 2 nitrogen and oxygen atoms in total. The van der Waals surface area contributed by atoms with Crippen LogP contribution in [0.1, 0.15) is 34.5 Å². The number of rotatable bonds is 0. The molecule has 1 aromatic heterocycles. The van der Waals surface area contributed by atoms with Crippen molar-refractivity contribution in [3.63, 3.8) is 0 Å². The topological polar surface area (TPSA) is 32.9 Å². The minimum atomic E-state index is 0.232. The maximum Gasteiger partial charge on any atom is 0.179 e. The molecule has 1 aliphatic carbocycles. The largest absolute Gasteiger partial charge is 0.352 e. The van der Waals surface area contributed by atoms with E-state index < -0.39 is 0 Å². The molecule has 1 aliphatic rings. The molecule has 3 heteroatoms. The van der Waals surface area contributed by atoms with E-state index in [2.05, 4.69) is 35.5 Å². The Morgan fingerprint density at radius 1 is 1.33 bits per heavy atom. The van der Waals surface area contributed by atoms with E-state index in [1.54, 1.807) is 0 Å². The van der Waals surface area contributed by atoms with Gasteiger partial charge in [-0.2, -0.15) is 12.6 Å². The average molecular weight is 255 g/mol. The summed E-state index contributed by atoms with van der Waals surface area (Å²) in [5, 5.41) is 1.14. The summed E-state index contributed by atoms with van der Waals surface area (Å²) in [5.41, 5.74) is 3.98. The summed E-state index contributed by atoms with van der Waals surface area (Å²) in [5.74, 6) is 6.81. The molecule has 0 spiro atoms. The molecule has 1 aromatic carbocycles. The van der Waals surface area contributed by atoms with Crippen molar-refractivity contribution in [3.05, 3.63) is 35.0 Å². The van der Waals surface area contributed by atoms with Gasteiger partial charge in [0.15, 0.2) is 5.78 Å². The molecular weight excluding hydrogens is 242 g/mol. The number of hydrogen-bond acceptors (Lipinski definition) is 2. The van der Waals surface area contributed by atoms with Gasteiger partial charge in [-0.15, -0.1) is 0 Å². The first-order chi connectivity index (χ1) is 8.79. The van der Waals surface area contributed by atoms with Gasteiger partial charge in [-0.3, -0.25) is 4.79 Å². The van der Waals surface area contributed by atoms with Crippen molar-refractivity contribution >= 4 is 29.3 Å². The average Bonchev–Trinajstić information content (AvgIpc) is 2.76. The number of aromatic nitrogens is 1. The van der Waals surface area contributed by atoms with Gasteiger partial charge < -0.3 is 4.98 Å². The minimum absolute atomic E-state index is 0.232. The van der Waals surface area contributed by atoms with Gasteiger partial charge in [0.05, 0.1) is 11.4 Å². The molecule has 0 aliphatic heterocycles. The molecule has 0 fully saturated rings. The summed E-state index contributed by atoms with van der Waals surface area (Å²) >= 11 is 4.08. The number of hydrogen-bond donors (Lipinski definition) is 2. The Morgan fingerprint density at radius 2 is 2.22 bits per heavy atom. The SMILES string of the molecule is O=C1CCCc2c1[nH]c1ccc(C#CCS)cc21. The fraction of sp³-hybridized carbons (Fsp3) is 0.267. The van der Waals surface area contributed by atoms with E-state index in [0.29, 0.717) is 12.2 Å². The lowest BCUT2D eigenvalue weighted by Gasteiger charge is -2.09. The second-order valence-corrected chi connectivity index (χ2v) is 4.79. The molecule has 0 saturated heterocycles. The van der Waals surface area contributed by atoms with E-state index in [1.807, 2.05) is 12.1 Å². The van der Waals surface area contributed by atoms with Gasteiger partial charge in [0, 0.05) is 22.9 Å². The Bertz CT molecular complexity index is 688. The van der Waals surface area contributed by atoms with E-state index in [4.69, 9.17) is 0 Å². The summed E-state index contributed by atoms with van der Waals surface area (Å²) in [4.78, 5) is 15.1. The minimum Gasteiger partial charge on any atom is -0.352 e. The van der Waals surface area contributed by atoms with Crippen molar-refractivity contribution in [1.29, 1.82) is 0 Å². The third-order valence-corrected chi connectivity index (χ3v) is 3.49. The molecule has 0 bridgehead atoms. The number of aromatic amines is 1. The van der Waals surface area contributed by atoms with Crippen molar-refractivity contribution in [1.82, 2.24) is 4.98 Å². The summed E-state index contributed by atoms with van der Waals surface area (Å²) < 4.78 is 0. The molecule has 1 N–H and O–H groups in total. The molecule has 18 heavy (non-hydrogen) atoms. The van der Waals surface area contributed by atoms with Gasteiger partial charge in [-0.05, 0) is 36.6 Å². The Labute approximate surface area is 111 Å². The van der Waals surface area contributed by atoms with Crippen molar-refractivity contribution in [2.24, 2.45) is 0 Å². The van der Waals surface area contributed by atoms with Crippen LogP contribution in [0.3, 0.4) is 0 Å². The molecule has 3 rings (SSSR count). The third-order valence-electron chi connectivity index (χ3n) is 3.33. The zero-order valence-electron chi connectivity index (χ0n) is 9.92. The van der Waals surface area contributed by atoms with Crippen LogP contribution in [-0.4, -0.2) is 16.5 Å². The Balaban J connectivity index is 2.18. The molecule has 0 radical (unpaired) electrons. The predicted molar refractivity (Wildman–Crippen MR) is 76.3 cm³/mol. The highest BCUT2D eigenvalue weighted by Crippen LogP contribution is 2.29. The second kappa shape index (κ2) is 4.55. The lowest BCUT2D eigenvalue weighted by molar-refractivity contribution is 0.0968. The van der Waals surface area contributed by atoms with Gasteiger partial charge in [0.1, 0.15) is 0 Å². The number of ketones is 1. The van der Waals surface area contributed by atoms with Crippen LogP contribution in [0.25, 0.3) is 10.9 Å². The van der Waals surface area contributed by atoms with Crippen LogP contribution in [0.15, 0.2) is 18.2 Å². The van der Waals surface area contributed by atoms with Gasteiger partial charge in [0.25, 0.3) is 0 Å². The highest BCUT2D eigenvalue weighted by molar-refractivity contribution is 7.80. The van der Waals surface area contributed by atoms with E-state index in [-0.39, 0.29) is 5.78 Å². The van der Waals surface area contributed by atoms with Crippen LogP contribution in [0.2, 0.25) is 0 Å². The monoisotopic (exact) mass is 255 g/mol. The van der Waals surface area contributed by atoms with Crippen molar-refractivity contribution in [2.45, 2.75) is 19.3 Å². The zero-order valence-corrected chi connectivity index (χ0v) is 10.8. The van der Waals surface area contributed by atoms with Crippen LogP contribution in [0, 0.1) is 11.8 Å². The second-order valence-electron chi connectivity index (χ2n) is 4.48. The maximum atomic E-state index is 11.8. The molecule has 90 valence electrons. The van der Waals surface area contributed by atoms with Crippen molar-refractivity contribution < 1.29 is 4.79 Å². The van der Waals surface area contributed by atoms with Crippen LogP contribution in [0.5, 0.6) is 0 Å². The lowest BCUT2D eigenvalue weighted by atomic mass is 9.94. The quantitative estimate of drug-likeness (QED) is 0.550. The van der Waals surface area contributed by atoms with E-state index in [1.165, 1.54) is 0 Å². The molecule has 0 atom stereocenters. The third kappa shape index (κ3) is 1.83. The Hall–Kier alpha value is -1.66. The molecular formula is C15H13NOS.